The summed E-state index contributed by atoms with van der Waals surface area (Å²) in [5, 5.41) is 0. The van der Waals surface area contributed by atoms with Crippen molar-refractivity contribution < 1.29 is 14.3 Å². The lowest BCUT2D eigenvalue weighted by Gasteiger charge is -2.09. The Balaban J connectivity index is 2.98. The van der Waals surface area contributed by atoms with E-state index < -0.39 is 11.8 Å². The molecule has 0 amide bonds. The van der Waals surface area contributed by atoms with E-state index in [1.54, 1.807) is 0 Å². The minimum Gasteiger partial charge on any atom is -0.463 e. The Morgan fingerprint density at radius 2 is 1.75 bits per heavy atom. The Kier molecular flexibility index (Phi) is 4.24. The molecule has 1 aromatic rings. The van der Waals surface area contributed by atoms with Gasteiger partial charge in [0.05, 0.1) is 7.11 Å². The summed E-state index contributed by atoms with van der Waals surface area (Å²) < 4.78 is 5.36. The number of carbonyl (C=O) groups excluding carboxylic acids is 2. The van der Waals surface area contributed by atoms with Crippen LogP contribution in [0.25, 0.3) is 0 Å². The average molecular weight is 285 g/mol. The van der Waals surface area contributed by atoms with E-state index in [-0.39, 0.29) is 6.42 Å². The lowest BCUT2D eigenvalue weighted by atomic mass is 9.98. The Morgan fingerprint density at radius 1 is 1.25 bits per heavy atom. The smallest absolute Gasteiger partial charge is 0.374 e. The highest BCUT2D eigenvalue weighted by Crippen LogP contribution is 2.21. The van der Waals surface area contributed by atoms with E-state index in [1.165, 1.54) is 7.11 Å². The molecule has 0 saturated heterocycles. The van der Waals surface area contributed by atoms with Crippen LogP contribution in [0.2, 0.25) is 0 Å². The minimum absolute atomic E-state index is 0.0949. The molecule has 0 heterocycles. The second kappa shape index (κ2) is 5.25. The van der Waals surface area contributed by atoms with Crippen LogP contribution in [0.5, 0.6) is 0 Å². The van der Waals surface area contributed by atoms with E-state index in [2.05, 4.69) is 20.7 Å². The largest absolute Gasteiger partial charge is 0.463 e. The van der Waals surface area contributed by atoms with E-state index in [1.807, 2.05) is 26.0 Å². The maximum Gasteiger partial charge on any atom is 0.374 e. The molecule has 0 radical (unpaired) electrons. The van der Waals surface area contributed by atoms with Gasteiger partial charge in [-0.2, -0.15) is 0 Å². The summed E-state index contributed by atoms with van der Waals surface area (Å²) in [6, 6.07) is 3.85. The lowest BCUT2D eigenvalue weighted by molar-refractivity contribution is -0.151. The molecule has 0 spiro atoms. The first-order valence-electron chi connectivity index (χ1n) is 4.82. The summed E-state index contributed by atoms with van der Waals surface area (Å²) in [6.45, 7) is 3.83. The Morgan fingerprint density at radius 3 is 2.19 bits per heavy atom. The van der Waals surface area contributed by atoms with Crippen molar-refractivity contribution in [3.63, 3.8) is 0 Å². The molecule has 0 N–H and O–H groups in total. The molecule has 0 aliphatic carbocycles. The quantitative estimate of drug-likeness (QED) is 0.632. The SMILES string of the molecule is COC(=O)C(=O)Cc1c(C)cc(Br)cc1C. The number of methoxy groups -OCH3 is 1. The molecule has 0 fully saturated rings. The third-order valence-electron chi connectivity index (χ3n) is 2.41. The standard InChI is InChI=1S/C12H13BrO3/c1-7-4-9(13)5-8(2)10(7)6-11(14)12(15)16-3/h4-5H,6H2,1-3H3. The molecule has 16 heavy (non-hydrogen) atoms. The molecular weight excluding hydrogens is 272 g/mol. The second-order valence-electron chi connectivity index (χ2n) is 3.61. The van der Waals surface area contributed by atoms with Crippen LogP contribution in [0.1, 0.15) is 16.7 Å². The highest BCUT2D eigenvalue weighted by molar-refractivity contribution is 9.10. The Hall–Kier alpha value is -1.16. The minimum atomic E-state index is -0.790. The third-order valence-corrected chi connectivity index (χ3v) is 2.87. The fourth-order valence-corrected chi connectivity index (χ4v) is 2.25. The second-order valence-corrected chi connectivity index (χ2v) is 4.53. The van der Waals surface area contributed by atoms with Gasteiger partial charge in [0.25, 0.3) is 0 Å². The van der Waals surface area contributed by atoms with Gasteiger partial charge in [0.1, 0.15) is 0 Å². The third kappa shape index (κ3) is 2.92. The van der Waals surface area contributed by atoms with E-state index in [0.29, 0.717) is 0 Å². The summed E-state index contributed by atoms with van der Waals surface area (Å²) in [6.07, 6.45) is 0.0949. The number of Topliss-reactive ketones (excluding diaryl/α,β-unsaturated/α-hetero) is 1. The first-order chi connectivity index (χ1) is 7.45. The van der Waals surface area contributed by atoms with E-state index in [9.17, 15) is 9.59 Å². The van der Waals surface area contributed by atoms with Gasteiger partial charge < -0.3 is 4.74 Å². The van der Waals surface area contributed by atoms with Gasteiger partial charge in [-0.3, -0.25) is 4.79 Å². The molecule has 1 rings (SSSR count). The molecule has 0 saturated carbocycles. The predicted octanol–water partition coefficient (Wildman–Crippen LogP) is 2.35. The van der Waals surface area contributed by atoms with Gasteiger partial charge in [-0.15, -0.1) is 0 Å². The number of hydrogen-bond acceptors (Lipinski definition) is 3. The number of esters is 1. The van der Waals surface area contributed by atoms with E-state index in [4.69, 9.17) is 0 Å². The van der Waals surface area contributed by atoms with Gasteiger partial charge >= 0.3 is 5.97 Å². The average Bonchev–Trinajstić information content (AvgIpc) is 2.21. The molecule has 0 aliphatic heterocycles. The summed E-state index contributed by atoms with van der Waals surface area (Å²) in [5.74, 6) is -1.31. The maximum absolute atomic E-state index is 11.4. The van der Waals surface area contributed by atoms with Crippen LogP contribution in [0.3, 0.4) is 0 Å². The van der Waals surface area contributed by atoms with Crippen molar-refractivity contribution in [2.45, 2.75) is 20.3 Å². The topological polar surface area (TPSA) is 43.4 Å². The van der Waals surface area contributed by atoms with Crippen LogP contribution in [-0.4, -0.2) is 18.9 Å². The molecule has 3 nitrogen and oxygen atoms in total. The van der Waals surface area contributed by atoms with Crippen LogP contribution in [0, 0.1) is 13.8 Å². The summed E-state index contributed by atoms with van der Waals surface area (Å²) in [4.78, 5) is 22.5. The molecule has 0 aromatic heterocycles. The fraction of sp³-hybridized carbons (Fsp3) is 0.333. The van der Waals surface area contributed by atoms with Crippen molar-refractivity contribution in [1.29, 1.82) is 0 Å². The highest BCUT2D eigenvalue weighted by atomic mass is 79.9. The van der Waals surface area contributed by atoms with Crippen molar-refractivity contribution in [3.05, 3.63) is 33.3 Å². The van der Waals surface area contributed by atoms with Crippen LogP contribution in [0.4, 0.5) is 0 Å². The van der Waals surface area contributed by atoms with Gasteiger partial charge in [-0.1, -0.05) is 15.9 Å². The zero-order valence-electron chi connectivity index (χ0n) is 9.46. The molecular formula is C12H13BrO3. The molecule has 86 valence electrons. The first kappa shape index (κ1) is 12.9. The molecule has 4 heteroatoms. The molecule has 0 unspecified atom stereocenters. The Labute approximate surface area is 103 Å². The van der Waals surface area contributed by atoms with Crippen molar-refractivity contribution in [2.75, 3.05) is 7.11 Å². The van der Waals surface area contributed by atoms with Crippen LogP contribution >= 0.6 is 15.9 Å². The van der Waals surface area contributed by atoms with Crippen molar-refractivity contribution >= 4 is 27.7 Å². The number of hydrogen-bond donors (Lipinski definition) is 0. The zero-order valence-corrected chi connectivity index (χ0v) is 11.1. The number of halogens is 1. The normalized spacial score (nSPS) is 10.0. The van der Waals surface area contributed by atoms with Crippen molar-refractivity contribution in [1.82, 2.24) is 0 Å². The number of rotatable bonds is 3. The molecule has 0 bridgehead atoms. The van der Waals surface area contributed by atoms with E-state index in [0.717, 1.165) is 21.2 Å². The number of carbonyl (C=O) groups is 2. The van der Waals surface area contributed by atoms with Gasteiger partial charge in [-0.05, 0) is 42.7 Å². The summed E-state index contributed by atoms with van der Waals surface area (Å²) in [5.41, 5.74) is 2.87. The first-order valence-corrected chi connectivity index (χ1v) is 5.61. The molecule has 1 aromatic carbocycles. The summed E-state index contributed by atoms with van der Waals surface area (Å²) >= 11 is 3.38. The maximum atomic E-state index is 11.4. The van der Waals surface area contributed by atoms with Crippen molar-refractivity contribution in [2.24, 2.45) is 0 Å². The zero-order chi connectivity index (χ0) is 12.3. The predicted molar refractivity (Wildman–Crippen MR) is 64.3 cm³/mol. The molecule has 0 aliphatic rings. The number of aryl methyl sites for hydroxylation is 2. The number of ketones is 1. The van der Waals surface area contributed by atoms with E-state index >= 15 is 0 Å². The van der Waals surface area contributed by atoms with Gasteiger partial charge in [-0.25, -0.2) is 4.79 Å². The van der Waals surface area contributed by atoms with Gasteiger partial charge in [0.15, 0.2) is 0 Å². The van der Waals surface area contributed by atoms with Crippen LogP contribution < -0.4 is 0 Å². The molecule has 0 atom stereocenters. The lowest BCUT2D eigenvalue weighted by Crippen LogP contribution is -2.18. The van der Waals surface area contributed by atoms with Crippen LogP contribution in [0.15, 0.2) is 16.6 Å². The highest BCUT2D eigenvalue weighted by Gasteiger charge is 2.17. The van der Waals surface area contributed by atoms with Gasteiger partial charge in [0, 0.05) is 10.9 Å². The Bertz CT molecular complexity index is 415. The monoisotopic (exact) mass is 284 g/mol. The number of ether oxygens (including phenoxy) is 1. The fourth-order valence-electron chi connectivity index (χ4n) is 1.57. The van der Waals surface area contributed by atoms with Crippen molar-refractivity contribution in [3.8, 4) is 0 Å². The van der Waals surface area contributed by atoms with Gasteiger partial charge in [0.2, 0.25) is 5.78 Å². The van der Waals surface area contributed by atoms with Crippen LogP contribution in [-0.2, 0) is 20.7 Å². The summed E-state index contributed by atoms with van der Waals surface area (Å²) in [7, 11) is 1.21. The number of benzene rings is 1.